The highest BCUT2D eigenvalue weighted by Gasteiger charge is 2.04. The van der Waals surface area contributed by atoms with E-state index in [1.807, 2.05) is 6.07 Å². The Morgan fingerprint density at radius 3 is 1.33 bits per heavy atom. The van der Waals surface area contributed by atoms with Crippen LogP contribution >= 0.6 is 11.6 Å². The number of carboxylic acids is 2. The summed E-state index contributed by atoms with van der Waals surface area (Å²) in [6, 6.07) is 17.2. The topological polar surface area (TPSA) is 147 Å². The van der Waals surface area contributed by atoms with Gasteiger partial charge in [-0.2, -0.15) is 0 Å². The van der Waals surface area contributed by atoms with Gasteiger partial charge in [0.2, 0.25) is 0 Å². The van der Waals surface area contributed by atoms with Crippen molar-refractivity contribution < 1.29 is 29.4 Å². The molecular formula is C24H35ClN2O6. The fourth-order valence-electron chi connectivity index (χ4n) is 1.42. The van der Waals surface area contributed by atoms with Gasteiger partial charge in [-0.1, -0.05) is 89.1 Å². The molecule has 2 aromatic carbocycles. The fourth-order valence-corrected chi connectivity index (χ4v) is 1.54. The first kappa shape index (κ1) is 34.4. The lowest BCUT2D eigenvalue weighted by molar-refractivity contribution is -0.136. The van der Waals surface area contributed by atoms with Crippen molar-refractivity contribution in [2.75, 3.05) is 13.1 Å². The second-order valence-corrected chi connectivity index (χ2v) is 6.44. The number of hydrogen-bond acceptors (Lipinski definition) is 5. The summed E-state index contributed by atoms with van der Waals surface area (Å²) >= 11 is 5.16. The van der Waals surface area contributed by atoms with Gasteiger partial charge in [0, 0.05) is 11.1 Å². The van der Waals surface area contributed by atoms with Crippen molar-refractivity contribution in [1.82, 2.24) is 5.32 Å². The highest BCUT2D eigenvalue weighted by Crippen LogP contribution is 2.01. The first-order chi connectivity index (χ1) is 15.6. The Labute approximate surface area is 200 Å². The molecule has 8 nitrogen and oxygen atoms in total. The molecule has 0 aromatic heterocycles. The van der Waals surface area contributed by atoms with Gasteiger partial charge in [0.25, 0.3) is 11.1 Å². The van der Waals surface area contributed by atoms with Crippen molar-refractivity contribution in [2.24, 2.45) is 5.73 Å². The second-order valence-electron chi connectivity index (χ2n) is 6.09. The zero-order valence-electron chi connectivity index (χ0n) is 19.6. The van der Waals surface area contributed by atoms with Crippen molar-refractivity contribution in [1.29, 1.82) is 0 Å². The number of benzene rings is 2. The summed E-state index contributed by atoms with van der Waals surface area (Å²) in [7, 11) is 0. The average molecular weight is 483 g/mol. The van der Waals surface area contributed by atoms with E-state index in [0.29, 0.717) is 11.1 Å². The summed E-state index contributed by atoms with van der Waals surface area (Å²) in [5.41, 5.74) is 5.57. The Kier molecular flexibility index (Phi) is 26.1. The Morgan fingerprint density at radius 2 is 1.09 bits per heavy atom. The minimum atomic E-state index is -1.05. The van der Waals surface area contributed by atoms with Crippen LogP contribution in [0, 0.1) is 0 Å². The average Bonchev–Trinajstić information content (AvgIpc) is 2.80. The van der Waals surface area contributed by atoms with Crippen LogP contribution in [-0.4, -0.2) is 46.4 Å². The van der Waals surface area contributed by atoms with Crippen molar-refractivity contribution in [3.8, 4) is 0 Å². The highest BCUT2D eigenvalue weighted by molar-refractivity contribution is 6.67. The van der Waals surface area contributed by atoms with Crippen LogP contribution in [0.25, 0.3) is 0 Å². The number of carbonyl (C=O) groups excluding carboxylic acids is 2. The van der Waals surface area contributed by atoms with Crippen LogP contribution in [0.4, 0.5) is 0 Å². The van der Waals surface area contributed by atoms with Gasteiger partial charge in [0.15, 0.2) is 0 Å². The van der Waals surface area contributed by atoms with E-state index in [0.717, 1.165) is 0 Å². The molecule has 0 saturated carbocycles. The summed E-state index contributed by atoms with van der Waals surface area (Å²) in [4.78, 5) is 40.9. The summed E-state index contributed by atoms with van der Waals surface area (Å²) in [5.74, 6) is -2.39. The standard InChI is InChI=1S/C9H9NO3.C7H5ClO.2C3H8.C2H5NO2/c11-8(12)6-10-9(13)7-4-2-1-3-5-7;8-7(9)6-4-2-1-3-5-6;2*1-3-2;3-1-2(4)5/h1-5H,6H2,(H,10,13)(H,11,12);1-5H;2*3H2,1-2H3;1,3H2,(H,4,5). The van der Waals surface area contributed by atoms with E-state index >= 15 is 0 Å². The molecular weight excluding hydrogens is 448 g/mol. The van der Waals surface area contributed by atoms with Gasteiger partial charge in [0.05, 0.1) is 6.54 Å². The number of amides is 1. The van der Waals surface area contributed by atoms with Crippen LogP contribution < -0.4 is 11.1 Å². The van der Waals surface area contributed by atoms with Gasteiger partial charge in [0.1, 0.15) is 6.54 Å². The summed E-state index contributed by atoms with van der Waals surface area (Å²) < 4.78 is 0. The largest absolute Gasteiger partial charge is 0.480 e. The number of rotatable bonds is 5. The van der Waals surface area contributed by atoms with E-state index in [9.17, 15) is 19.2 Å². The molecule has 0 aliphatic heterocycles. The monoisotopic (exact) mass is 482 g/mol. The van der Waals surface area contributed by atoms with Crippen LogP contribution in [-0.2, 0) is 9.59 Å². The zero-order valence-corrected chi connectivity index (χ0v) is 20.3. The highest BCUT2D eigenvalue weighted by atomic mass is 35.5. The van der Waals surface area contributed by atoms with Gasteiger partial charge in [-0.25, -0.2) is 0 Å². The Morgan fingerprint density at radius 1 is 0.758 bits per heavy atom. The van der Waals surface area contributed by atoms with Gasteiger partial charge in [-0.05, 0) is 23.7 Å². The molecule has 0 heterocycles. The number of carboxylic acid groups (broad SMARTS) is 2. The van der Waals surface area contributed by atoms with E-state index in [2.05, 4.69) is 38.7 Å². The molecule has 2 rings (SSSR count). The second kappa shape index (κ2) is 25.0. The molecule has 5 N–H and O–H groups in total. The van der Waals surface area contributed by atoms with Crippen molar-refractivity contribution in [2.45, 2.75) is 40.5 Å². The van der Waals surface area contributed by atoms with Crippen molar-refractivity contribution in [3.63, 3.8) is 0 Å². The molecule has 0 bridgehead atoms. The molecule has 0 aliphatic rings. The van der Waals surface area contributed by atoms with Crippen molar-refractivity contribution >= 4 is 34.7 Å². The molecule has 2 aromatic rings. The number of carbonyl (C=O) groups is 4. The van der Waals surface area contributed by atoms with E-state index in [1.165, 1.54) is 12.8 Å². The third-order valence-corrected chi connectivity index (χ3v) is 2.83. The Balaban J connectivity index is -0.000000390. The smallest absolute Gasteiger partial charge is 0.322 e. The molecule has 0 atom stereocenters. The third-order valence-electron chi connectivity index (χ3n) is 2.61. The number of nitrogens with one attached hydrogen (secondary N) is 1. The predicted molar refractivity (Wildman–Crippen MR) is 132 cm³/mol. The van der Waals surface area contributed by atoms with Crippen LogP contribution in [0.5, 0.6) is 0 Å². The van der Waals surface area contributed by atoms with Crippen LogP contribution in [0.2, 0.25) is 0 Å². The van der Waals surface area contributed by atoms with Crippen molar-refractivity contribution in [3.05, 3.63) is 71.8 Å². The summed E-state index contributed by atoms with van der Waals surface area (Å²) in [6.45, 7) is 7.87. The maximum atomic E-state index is 11.2. The van der Waals surface area contributed by atoms with E-state index in [4.69, 9.17) is 21.8 Å². The molecule has 184 valence electrons. The molecule has 0 fully saturated rings. The lowest BCUT2D eigenvalue weighted by Crippen LogP contribution is -2.29. The Bertz CT molecular complexity index is 769. The Hall–Kier alpha value is -3.23. The fraction of sp³-hybridized carbons (Fsp3) is 0.333. The lowest BCUT2D eigenvalue weighted by atomic mass is 10.2. The number of halogens is 1. The van der Waals surface area contributed by atoms with Gasteiger partial charge in [-0.3, -0.25) is 19.2 Å². The van der Waals surface area contributed by atoms with Crippen LogP contribution in [0.1, 0.15) is 61.3 Å². The molecule has 9 heteroatoms. The van der Waals surface area contributed by atoms with Gasteiger partial charge in [-0.15, -0.1) is 0 Å². The maximum absolute atomic E-state index is 11.2. The van der Waals surface area contributed by atoms with E-state index in [1.54, 1.807) is 54.6 Å². The first-order valence-electron chi connectivity index (χ1n) is 10.3. The van der Waals surface area contributed by atoms with E-state index in [-0.39, 0.29) is 19.0 Å². The molecule has 1 amide bonds. The molecule has 33 heavy (non-hydrogen) atoms. The predicted octanol–water partition coefficient (Wildman–Crippen LogP) is 4.43. The third kappa shape index (κ3) is 26.7. The lowest BCUT2D eigenvalue weighted by Gasteiger charge is -2.00. The van der Waals surface area contributed by atoms with Crippen LogP contribution in [0.15, 0.2) is 60.7 Å². The maximum Gasteiger partial charge on any atom is 0.322 e. The van der Waals surface area contributed by atoms with Crippen LogP contribution in [0.3, 0.4) is 0 Å². The quantitative estimate of drug-likeness (QED) is 0.461. The zero-order chi connectivity index (χ0) is 26.1. The number of hydrogen-bond donors (Lipinski definition) is 4. The number of nitrogens with two attached hydrogens (primary N) is 1. The molecule has 0 radical (unpaired) electrons. The molecule has 0 unspecified atom stereocenters. The summed E-state index contributed by atoms with van der Waals surface area (Å²) in [5, 5.41) is 17.7. The molecule has 0 saturated heterocycles. The minimum Gasteiger partial charge on any atom is -0.480 e. The minimum absolute atomic E-state index is 0.278. The molecule has 0 spiro atoms. The number of aliphatic carboxylic acids is 2. The normalized spacial score (nSPS) is 8.30. The molecule has 0 aliphatic carbocycles. The van der Waals surface area contributed by atoms with Gasteiger partial charge >= 0.3 is 11.9 Å². The van der Waals surface area contributed by atoms with Gasteiger partial charge < -0.3 is 21.3 Å². The first-order valence-corrected chi connectivity index (χ1v) is 10.7. The SMILES string of the molecule is CCC.CCC.NCC(=O)O.O=C(Cl)c1ccccc1.O=C(O)CNC(=O)c1ccccc1. The van der Waals surface area contributed by atoms with E-state index < -0.39 is 17.2 Å². The summed E-state index contributed by atoms with van der Waals surface area (Å²) in [6.07, 6.45) is 2.50.